The Morgan fingerprint density at radius 2 is 2.23 bits per heavy atom. The first-order chi connectivity index (χ1) is 10.4. The summed E-state index contributed by atoms with van der Waals surface area (Å²) in [5.74, 6) is -1.37. The molecule has 1 amide bonds. The Labute approximate surface area is 133 Å². The molecule has 0 saturated carbocycles. The molecule has 1 aromatic heterocycles. The Hall–Kier alpha value is -2.13. The maximum Gasteiger partial charge on any atom is 0.274 e. The number of anilines is 1. The van der Waals surface area contributed by atoms with Crippen molar-refractivity contribution in [3.63, 3.8) is 0 Å². The molecule has 1 N–H and O–H groups in total. The van der Waals surface area contributed by atoms with E-state index < -0.39 is 22.3 Å². The zero-order valence-corrected chi connectivity index (χ0v) is 12.9. The van der Waals surface area contributed by atoms with E-state index in [2.05, 4.69) is 15.5 Å². The van der Waals surface area contributed by atoms with Gasteiger partial charge in [0, 0.05) is 11.6 Å². The highest BCUT2D eigenvalue weighted by Crippen LogP contribution is 2.27. The van der Waals surface area contributed by atoms with Gasteiger partial charge in [0.05, 0.1) is 16.4 Å². The van der Waals surface area contributed by atoms with E-state index >= 15 is 0 Å². The van der Waals surface area contributed by atoms with Crippen molar-refractivity contribution >= 4 is 39.7 Å². The van der Waals surface area contributed by atoms with Crippen LogP contribution in [0.15, 0.2) is 12.1 Å². The lowest BCUT2D eigenvalue weighted by molar-refractivity contribution is -0.385. The molecular weight excluding hydrogens is 335 g/mol. The number of carbonyl (C=O) groups excluding carboxylic acids is 1. The molecule has 10 heteroatoms. The van der Waals surface area contributed by atoms with Gasteiger partial charge in [-0.05, 0) is 12.5 Å². The summed E-state index contributed by atoms with van der Waals surface area (Å²) in [6.45, 7) is 1.89. The average molecular weight is 345 g/mol. The SMILES string of the molecule is CCc1nnc(NC(=O)Cc2cc(F)c(Cl)cc2[N+](=O)[O-])s1. The first-order valence-electron chi connectivity index (χ1n) is 6.15. The molecule has 2 rings (SSSR count). The number of benzene rings is 1. The number of aryl methyl sites for hydroxylation is 1. The van der Waals surface area contributed by atoms with Crippen LogP contribution in [0, 0.1) is 15.9 Å². The fourth-order valence-corrected chi connectivity index (χ4v) is 2.53. The van der Waals surface area contributed by atoms with Crippen molar-refractivity contribution in [2.75, 3.05) is 5.32 Å². The van der Waals surface area contributed by atoms with Gasteiger partial charge in [0.15, 0.2) is 0 Å². The summed E-state index contributed by atoms with van der Waals surface area (Å²) in [7, 11) is 0. The van der Waals surface area contributed by atoms with E-state index in [0.29, 0.717) is 11.6 Å². The number of nitro benzene ring substituents is 1. The van der Waals surface area contributed by atoms with E-state index in [4.69, 9.17) is 11.6 Å². The van der Waals surface area contributed by atoms with Gasteiger partial charge in [-0.3, -0.25) is 14.9 Å². The molecule has 0 aliphatic rings. The summed E-state index contributed by atoms with van der Waals surface area (Å²) in [6.07, 6.45) is 0.312. The number of nitro groups is 1. The Bertz CT molecular complexity index is 737. The van der Waals surface area contributed by atoms with Gasteiger partial charge in [-0.2, -0.15) is 0 Å². The number of nitrogens with zero attached hydrogens (tertiary/aromatic N) is 3. The number of amides is 1. The van der Waals surface area contributed by atoms with Crippen LogP contribution in [-0.4, -0.2) is 21.0 Å². The van der Waals surface area contributed by atoms with Gasteiger partial charge in [0.1, 0.15) is 10.8 Å². The van der Waals surface area contributed by atoms with Crippen LogP contribution >= 0.6 is 22.9 Å². The maximum absolute atomic E-state index is 13.4. The molecule has 1 aromatic carbocycles. The summed E-state index contributed by atoms with van der Waals surface area (Å²) < 4.78 is 13.4. The highest BCUT2D eigenvalue weighted by Gasteiger charge is 2.20. The van der Waals surface area contributed by atoms with Gasteiger partial charge in [-0.15, -0.1) is 10.2 Å². The van der Waals surface area contributed by atoms with E-state index in [0.717, 1.165) is 17.1 Å². The predicted molar refractivity (Wildman–Crippen MR) is 79.7 cm³/mol. The lowest BCUT2D eigenvalue weighted by atomic mass is 10.1. The van der Waals surface area contributed by atoms with E-state index in [-0.39, 0.29) is 17.0 Å². The molecule has 2 aromatic rings. The number of nitrogens with one attached hydrogen (secondary N) is 1. The second-order valence-corrected chi connectivity index (χ2v) is 5.70. The predicted octanol–water partition coefficient (Wildman–Crippen LogP) is 2.98. The largest absolute Gasteiger partial charge is 0.300 e. The van der Waals surface area contributed by atoms with Crippen LogP contribution in [0.1, 0.15) is 17.5 Å². The van der Waals surface area contributed by atoms with Gasteiger partial charge in [-0.25, -0.2) is 4.39 Å². The fourth-order valence-electron chi connectivity index (χ4n) is 1.67. The van der Waals surface area contributed by atoms with Crippen molar-refractivity contribution in [1.82, 2.24) is 10.2 Å². The van der Waals surface area contributed by atoms with Gasteiger partial charge >= 0.3 is 0 Å². The number of rotatable bonds is 5. The normalized spacial score (nSPS) is 10.5. The fraction of sp³-hybridized carbons (Fsp3) is 0.250. The van der Waals surface area contributed by atoms with Crippen LogP contribution in [0.2, 0.25) is 5.02 Å². The smallest absolute Gasteiger partial charge is 0.274 e. The first kappa shape index (κ1) is 16.2. The highest BCUT2D eigenvalue weighted by atomic mass is 35.5. The summed E-state index contributed by atoms with van der Waals surface area (Å²) in [5, 5.41) is 21.7. The van der Waals surface area contributed by atoms with E-state index in [1.54, 1.807) is 0 Å². The highest BCUT2D eigenvalue weighted by molar-refractivity contribution is 7.15. The van der Waals surface area contributed by atoms with Crippen molar-refractivity contribution in [3.8, 4) is 0 Å². The van der Waals surface area contributed by atoms with Gasteiger partial charge in [-0.1, -0.05) is 29.9 Å². The number of hydrogen-bond acceptors (Lipinski definition) is 6. The van der Waals surface area contributed by atoms with Crippen molar-refractivity contribution in [2.45, 2.75) is 19.8 Å². The monoisotopic (exact) mass is 344 g/mol. The minimum atomic E-state index is -0.820. The second kappa shape index (κ2) is 6.75. The van der Waals surface area contributed by atoms with E-state index in [1.807, 2.05) is 6.92 Å². The maximum atomic E-state index is 13.4. The van der Waals surface area contributed by atoms with Crippen LogP contribution in [0.5, 0.6) is 0 Å². The van der Waals surface area contributed by atoms with Gasteiger partial charge in [0.2, 0.25) is 11.0 Å². The zero-order chi connectivity index (χ0) is 16.3. The molecule has 0 saturated heterocycles. The number of carbonyl (C=O) groups is 1. The van der Waals surface area contributed by atoms with Crippen LogP contribution < -0.4 is 5.32 Å². The van der Waals surface area contributed by atoms with E-state index in [9.17, 15) is 19.3 Å². The van der Waals surface area contributed by atoms with Crippen molar-refractivity contribution in [2.24, 2.45) is 0 Å². The minimum absolute atomic E-state index is 0.0652. The summed E-state index contributed by atoms with van der Waals surface area (Å²) >= 11 is 6.72. The summed E-state index contributed by atoms with van der Waals surface area (Å²) in [5.41, 5.74) is -0.474. The summed E-state index contributed by atoms with van der Waals surface area (Å²) in [6, 6.07) is 1.78. The zero-order valence-electron chi connectivity index (χ0n) is 11.3. The molecule has 0 aliphatic carbocycles. The second-order valence-electron chi connectivity index (χ2n) is 4.23. The molecule has 22 heavy (non-hydrogen) atoms. The molecule has 0 bridgehead atoms. The number of halogens is 2. The molecular formula is C12H10ClFN4O3S. The van der Waals surface area contributed by atoms with Crippen LogP contribution in [0.4, 0.5) is 15.2 Å². The van der Waals surface area contributed by atoms with Crippen molar-refractivity contribution in [1.29, 1.82) is 0 Å². The van der Waals surface area contributed by atoms with Crippen molar-refractivity contribution < 1.29 is 14.1 Å². The number of hydrogen-bond donors (Lipinski definition) is 1. The molecule has 0 unspecified atom stereocenters. The molecule has 0 radical (unpaired) electrons. The topological polar surface area (TPSA) is 98.0 Å². The first-order valence-corrected chi connectivity index (χ1v) is 7.34. The molecule has 116 valence electrons. The molecule has 7 nitrogen and oxygen atoms in total. The van der Waals surface area contributed by atoms with Gasteiger partial charge in [0.25, 0.3) is 5.69 Å². The lowest BCUT2D eigenvalue weighted by Gasteiger charge is -2.04. The molecule has 0 fully saturated rings. The average Bonchev–Trinajstić information content (AvgIpc) is 2.89. The van der Waals surface area contributed by atoms with Crippen LogP contribution in [0.3, 0.4) is 0 Å². The molecule has 1 heterocycles. The lowest BCUT2D eigenvalue weighted by Crippen LogP contribution is -2.15. The Balaban J connectivity index is 2.17. The Kier molecular flexibility index (Phi) is 4.99. The Morgan fingerprint density at radius 3 is 2.82 bits per heavy atom. The third kappa shape index (κ3) is 3.74. The quantitative estimate of drug-likeness (QED) is 0.664. The van der Waals surface area contributed by atoms with Crippen molar-refractivity contribution in [3.05, 3.63) is 43.7 Å². The van der Waals surface area contributed by atoms with E-state index in [1.165, 1.54) is 11.3 Å². The molecule has 0 aliphatic heterocycles. The molecule has 0 atom stereocenters. The third-order valence-electron chi connectivity index (χ3n) is 2.68. The van der Waals surface area contributed by atoms with Gasteiger partial charge < -0.3 is 5.32 Å². The Morgan fingerprint density at radius 1 is 1.50 bits per heavy atom. The van der Waals surface area contributed by atoms with Crippen LogP contribution in [-0.2, 0) is 17.6 Å². The van der Waals surface area contributed by atoms with Crippen LogP contribution in [0.25, 0.3) is 0 Å². The standard InChI is InChI=1S/C12H10ClFN4O3S/c1-2-11-16-17-12(22-11)15-10(19)4-6-3-8(14)7(13)5-9(6)18(20)21/h3,5H,2,4H2,1H3,(H,15,17,19). The number of aromatic nitrogens is 2. The third-order valence-corrected chi connectivity index (χ3v) is 3.96. The summed E-state index contributed by atoms with van der Waals surface area (Å²) in [4.78, 5) is 22.1. The minimum Gasteiger partial charge on any atom is -0.300 e. The molecule has 0 spiro atoms.